The lowest BCUT2D eigenvalue weighted by Crippen LogP contribution is -2.58. The van der Waals surface area contributed by atoms with Crippen molar-refractivity contribution in [3.63, 3.8) is 0 Å². The summed E-state index contributed by atoms with van der Waals surface area (Å²) in [7, 11) is 4.10. The molecule has 1 saturated heterocycles. The van der Waals surface area contributed by atoms with Gasteiger partial charge in [0.25, 0.3) is 0 Å². The van der Waals surface area contributed by atoms with Gasteiger partial charge in [0, 0.05) is 25.8 Å². The molecule has 1 fully saturated rings. The molecule has 26 heavy (non-hydrogen) atoms. The zero-order chi connectivity index (χ0) is 18.1. The maximum Gasteiger partial charge on any atom is 0.136 e. The van der Waals surface area contributed by atoms with E-state index in [1.54, 1.807) is 0 Å². The van der Waals surface area contributed by atoms with Crippen LogP contribution in [-0.2, 0) is 12.1 Å². The van der Waals surface area contributed by atoms with E-state index >= 15 is 0 Å². The number of likely N-dealkylation sites (tertiary alicyclic amines) is 1. The average molecular weight is 350 g/mol. The van der Waals surface area contributed by atoms with Crippen LogP contribution in [0.1, 0.15) is 17.7 Å². The summed E-state index contributed by atoms with van der Waals surface area (Å²) in [5.74, 6) is 0. The molecule has 0 amide bonds. The van der Waals surface area contributed by atoms with Gasteiger partial charge >= 0.3 is 0 Å². The van der Waals surface area contributed by atoms with Crippen LogP contribution < -0.4 is 0 Å². The summed E-state index contributed by atoms with van der Waals surface area (Å²) in [4.78, 5) is 9.05. The predicted octanol–water partition coefficient (Wildman–Crippen LogP) is 2.36. The molecular weight excluding hydrogens is 324 g/mol. The summed E-state index contributed by atoms with van der Waals surface area (Å²) < 4.78 is 2.14. The van der Waals surface area contributed by atoms with Crippen molar-refractivity contribution in [2.45, 2.75) is 24.6 Å². The third-order valence-corrected chi connectivity index (χ3v) is 5.57. The van der Waals surface area contributed by atoms with Crippen LogP contribution in [0.2, 0.25) is 0 Å². The third kappa shape index (κ3) is 3.03. The van der Waals surface area contributed by atoms with E-state index in [0.29, 0.717) is 0 Å². The van der Waals surface area contributed by atoms with E-state index in [0.717, 1.165) is 37.3 Å². The lowest BCUT2D eigenvalue weighted by atomic mass is 9.80. The molecule has 1 N–H and O–H groups in total. The van der Waals surface area contributed by atoms with E-state index in [9.17, 15) is 5.11 Å². The smallest absolute Gasteiger partial charge is 0.136 e. The molecule has 3 heterocycles. The highest BCUT2D eigenvalue weighted by atomic mass is 16.3. The SMILES string of the molecule is CN(C)[C@@H]1CN(Cc2cnc3ccccn23)CC[C@]1(O)c1ccccc1. The number of fused-ring (bicyclic) bond motifs is 1. The number of rotatable bonds is 4. The second-order valence-electron chi connectivity index (χ2n) is 7.43. The number of hydrogen-bond donors (Lipinski definition) is 1. The van der Waals surface area contributed by atoms with Gasteiger partial charge in [0.15, 0.2) is 0 Å². The van der Waals surface area contributed by atoms with Crippen molar-refractivity contribution in [1.82, 2.24) is 19.2 Å². The predicted molar refractivity (Wildman–Crippen MR) is 103 cm³/mol. The van der Waals surface area contributed by atoms with Gasteiger partial charge in [-0.3, -0.25) is 4.90 Å². The summed E-state index contributed by atoms with van der Waals surface area (Å²) in [5.41, 5.74) is 2.35. The Kier molecular flexibility index (Phi) is 4.53. The van der Waals surface area contributed by atoms with Crippen molar-refractivity contribution in [2.24, 2.45) is 0 Å². The van der Waals surface area contributed by atoms with Gasteiger partial charge in [-0.15, -0.1) is 0 Å². The van der Waals surface area contributed by atoms with Crippen LogP contribution in [0.3, 0.4) is 0 Å². The maximum atomic E-state index is 11.5. The first-order chi connectivity index (χ1) is 12.6. The van der Waals surface area contributed by atoms with Gasteiger partial charge in [-0.2, -0.15) is 0 Å². The van der Waals surface area contributed by atoms with Crippen LogP contribution in [-0.4, -0.2) is 57.5 Å². The fourth-order valence-corrected chi connectivity index (χ4v) is 4.11. The Bertz CT molecular complexity index is 876. The number of aliphatic hydroxyl groups is 1. The summed E-state index contributed by atoms with van der Waals surface area (Å²) in [6.07, 6.45) is 4.74. The number of nitrogens with zero attached hydrogens (tertiary/aromatic N) is 4. The van der Waals surface area contributed by atoms with Crippen LogP contribution in [0.5, 0.6) is 0 Å². The quantitative estimate of drug-likeness (QED) is 0.785. The minimum Gasteiger partial charge on any atom is -0.383 e. The number of pyridine rings is 1. The van der Waals surface area contributed by atoms with Crippen LogP contribution in [0.4, 0.5) is 0 Å². The molecule has 2 atom stereocenters. The molecule has 0 spiro atoms. The molecule has 1 aliphatic rings. The molecule has 0 bridgehead atoms. The molecule has 2 aromatic heterocycles. The normalized spacial score (nSPS) is 24.4. The van der Waals surface area contributed by atoms with Crippen molar-refractivity contribution in [3.05, 3.63) is 72.2 Å². The summed E-state index contributed by atoms with van der Waals surface area (Å²) in [6.45, 7) is 2.51. The fraction of sp³-hybridized carbons (Fsp3) is 0.381. The molecule has 0 saturated carbocycles. The lowest BCUT2D eigenvalue weighted by molar-refractivity contribution is -0.0894. The Morgan fingerprint density at radius 1 is 1.15 bits per heavy atom. The number of benzene rings is 1. The summed E-state index contributed by atoms with van der Waals surface area (Å²) >= 11 is 0. The van der Waals surface area contributed by atoms with E-state index in [2.05, 4.69) is 39.5 Å². The maximum absolute atomic E-state index is 11.5. The molecule has 136 valence electrons. The van der Waals surface area contributed by atoms with E-state index in [-0.39, 0.29) is 6.04 Å². The van der Waals surface area contributed by atoms with Gasteiger partial charge in [-0.25, -0.2) is 4.98 Å². The van der Waals surface area contributed by atoms with Crippen LogP contribution >= 0.6 is 0 Å². The first-order valence-corrected chi connectivity index (χ1v) is 9.15. The first-order valence-electron chi connectivity index (χ1n) is 9.15. The second-order valence-corrected chi connectivity index (χ2v) is 7.43. The minimum atomic E-state index is -0.819. The first kappa shape index (κ1) is 17.2. The number of aromatic nitrogens is 2. The molecule has 0 radical (unpaired) electrons. The highest BCUT2D eigenvalue weighted by molar-refractivity contribution is 5.39. The Hall–Kier alpha value is -2.21. The number of imidazole rings is 1. The molecule has 1 aliphatic heterocycles. The molecule has 5 nitrogen and oxygen atoms in total. The Balaban J connectivity index is 1.57. The van der Waals surface area contributed by atoms with Crippen LogP contribution in [0, 0.1) is 0 Å². The molecular formula is C21H26N4O. The molecule has 0 aliphatic carbocycles. The molecule has 4 rings (SSSR count). The van der Waals surface area contributed by atoms with Crippen molar-refractivity contribution in [1.29, 1.82) is 0 Å². The Morgan fingerprint density at radius 2 is 1.92 bits per heavy atom. The van der Waals surface area contributed by atoms with E-state index in [4.69, 9.17) is 0 Å². The molecule has 1 aromatic carbocycles. The largest absolute Gasteiger partial charge is 0.383 e. The van der Waals surface area contributed by atoms with Crippen molar-refractivity contribution in [2.75, 3.05) is 27.2 Å². The number of piperidine rings is 1. The topological polar surface area (TPSA) is 44.0 Å². The van der Waals surface area contributed by atoms with Gasteiger partial charge in [0.1, 0.15) is 11.2 Å². The monoisotopic (exact) mass is 350 g/mol. The molecule has 3 aromatic rings. The van der Waals surface area contributed by atoms with Gasteiger partial charge < -0.3 is 14.4 Å². The van der Waals surface area contributed by atoms with Gasteiger partial charge in [-0.05, 0) is 38.2 Å². The summed E-state index contributed by atoms with van der Waals surface area (Å²) in [5, 5.41) is 11.5. The Morgan fingerprint density at radius 3 is 2.69 bits per heavy atom. The zero-order valence-electron chi connectivity index (χ0n) is 15.4. The van der Waals surface area contributed by atoms with E-state index in [1.165, 1.54) is 5.69 Å². The highest BCUT2D eigenvalue weighted by Gasteiger charge is 2.44. The van der Waals surface area contributed by atoms with Gasteiger partial charge in [-0.1, -0.05) is 36.4 Å². The second kappa shape index (κ2) is 6.83. The Labute approximate surface area is 154 Å². The standard InChI is InChI=1S/C21H26N4O/c1-23(2)19-16-24(13-11-21(19,26)17-8-4-3-5-9-17)15-18-14-22-20-10-6-7-12-25(18)20/h3-10,12,14,19,26H,11,13,15-16H2,1-2H3/t19-,21+/m1/s1. The average Bonchev–Trinajstić information content (AvgIpc) is 3.07. The molecule has 0 unspecified atom stereocenters. The lowest BCUT2D eigenvalue weighted by Gasteiger charge is -2.47. The fourth-order valence-electron chi connectivity index (χ4n) is 4.11. The minimum absolute atomic E-state index is 0.0397. The van der Waals surface area contributed by atoms with Crippen molar-refractivity contribution in [3.8, 4) is 0 Å². The summed E-state index contributed by atoms with van der Waals surface area (Å²) in [6, 6.07) is 16.2. The van der Waals surface area contributed by atoms with Crippen molar-refractivity contribution < 1.29 is 5.11 Å². The van der Waals surface area contributed by atoms with Crippen LogP contribution in [0.25, 0.3) is 5.65 Å². The molecule has 5 heteroatoms. The zero-order valence-corrected chi connectivity index (χ0v) is 15.4. The van der Waals surface area contributed by atoms with E-state index in [1.807, 2.05) is 54.7 Å². The van der Waals surface area contributed by atoms with Crippen molar-refractivity contribution >= 4 is 5.65 Å². The van der Waals surface area contributed by atoms with Gasteiger partial charge in [0.05, 0.1) is 17.9 Å². The number of hydrogen-bond acceptors (Lipinski definition) is 4. The highest BCUT2D eigenvalue weighted by Crippen LogP contribution is 2.35. The van der Waals surface area contributed by atoms with E-state index < -0.39 is 5.60 Å². The number of likely N-dealkylation sites (N-methyl/N-ethyl adjacent to an activating group) is 1. The van der Waals surface area contributed by atoms with Crippen LogP contribution in [0.15, 0.2) is 60.9 Å². The third-order valence-electron chi connectivity index (χ3n) is 5.57. The van der Waals surface area contributed by atoms with Gasteiger partial charge in [0.2, 0.25) is 0 Å².